The number of ether oxygens (including phenoxy) is 2. The summed E-state index contributed by atoms with van der Waals surface area (Å²) in [5.74, 6) is 0.422. The third-order valence-electron chi connectivity index (χ3n) is 6.51. The van der Waals surface area contributed by atoms with Gasteiger partial charge in [-0.15, -0.1) is 0 Å². The first-order valence-electron chi connectivity index (χ1n) is 11.4. The SMILES string of the molecule is COCCOc1ccc([C@@H](C)N2CCCC2CNC(=O)c2ccc(C(F)(F)F)nc2)c(C)c1C. The zero-order valence-electron chi connectivity index (χ0n) is 20.0. The molecular formula is C25H32F3N3O3. The number of nitrogens with zero attached hydrogens (tertiary/aromatic N) is 2. The van der Waals surface area contributed by atoms with Crippen LogP contribution in [0.5, 0.6) is 5.75 Å². The normalized spacial score (nSPS) is 17.6. The van der Waals surface area contributed by atoms with Gasteiger partial charge in [0.25, 0.3) is 5.91 Å². The third kappa shape index (κ3) is 6.07. The fourth-order valence-corrected chi connectivity index (χ4v) is 4.43. The second-order valence-corrected chi connectivity index (χ2v) is 8.59. The standard InChI is InChI=1S/C25H32F3N3O3/c1-16-17(2)22(34-13-12-33-4)9-8-21(16)18(3)31-11-5-6-20(31)15-30-24(32)19-7-10-23(29-14-19)25(26,27)28/h7-10,14,18,20H,5-6,11-13,15H2,1-4H3,(H,30,32)/t18-,20?/m1/s1. The van der Waals surface area contributed by atoms with Gasteiger partial charge in [-0.3, -0.25) is 14.7 Å². The molecule has 2 atom stereocenters. The van der Waals surface area contributed by atoms with Gasteiger partial charge < -0.3 is 14.8 Å². The van der Waals surface area contributed by atoms with Gasteiger partial charge in [0.15, 0.2) is 0 Å². The number of methoxy groups -OCH3 is 1. The van der Waals surface area contributed by atoms with Crippen LogP contribution in [0.3, 0.4) is 0 Å². The number of amides is 1. The Labute approximate surface area is 198 Å². The maximum atomic E-state index is 12.7. The molecule has 0 aliphatic carbocycles. The van der Waals surface area contributed by atoms with Crippen LogP contribution >= 0.6 is 0 Å². The lowest BCUT2D eigenvalue weighted by atomic mass is 9.96. The van der Waals surface area contributed by atoms with E-state index in [0.29, 0.717) is 19.8 Å². The summed E-state index contributed by atoms with van der Waals surface area (Å²) in [7, 11) is 1.64. The lowest BCUT2D eigenvalue weighted by Gasteiger charge is -2.32. The molecule has 2 aromatic rings. The van der Waals surface area contributed by atoms with Gasteiger partial charge in [0, 0.05) is 31.9 Å². The molecule has 1 aliphatic rings. The van der Waals surface area contributed by atoms with Crippen LogP contribution in [0.25, 0.3) is 0 Å². The molecule has 6 nitrogen and oxygen atoms in total. The topological polar surface area (TPSA) is 63.7 Å². The molecule has 0 spiro atoms. The average molecular weight is 480 g/mol. The minimum Gasteiger partial charge on any atom is -0.491 e. The van der Waals surface area contributed by atoms with E-state index in [1.54, 1.807) is 7.11 Å². The molecule has 1 fully saturated rings. The Morgan fingerprint density at radius 1 is 1.21 bits per heavy atom. The van der Waals surface area contributed by atoms with Crippen LogP contribution in [0.1, 0.15) is 58.5 Å². The smallest absolute Gasteiger partial charge is 0.433 e. The van der Waals surface area contributed by atoms with Crippen molar-refractivity contribution in [2.45, 2.75) is 51.9 Å². The summed E-state index contributed by atoms with van der Waals surface area (Å²) in [6, 6.07) is 6.35. The number of pyridine rings is 1. The molecule has 1 aromatic heterocycles. The minimum absolute atomic E-state index is 0.112. The number of hydrogen-bond acceptors (Lipinski definition) is 5. The summed E-state index contributed by atoms with van der Waals surface area (Å²) in [4.78, 5) is 18.2. The number of likely N-dealkylation sites (tertiary alicyclic amines) is 1. The molecule has 0 radical (unpaired) electrons. The van der Waals surface area contributed by atoms with Crippen molar-refractivity contribution in [1.29, 1.82) is 0 Å². The van der Waals surface area contributed by atoms with E-state index in [1.807, 2.05) is 13.0 Å². The summed E-state index contributed by atoms with van der Waals surface area (Å²) in [5.41, 5.74) is 2.58. The van der Waals surface area contributed by atoms with E-state index in [1.165, 1.54) is 11.1 Å². The lowest BCUT2D eigenvalue weighted by molar-refractivity contribution is -0.141. The highest BCUT2D eigenvalue weighted by Crippen LogP contribution is 2.34. The molecule has 34 heavy (non-hydrogen) atoms. The zero-order valence-corrected chi connectivity index (χ0v) is 20.0. The van der Waals surface area contributed by atoms with E-state index >= 15 is 0 Å². The molecule has 1 N–H and O–H groups in total. The van der Waals surface area contributed by atoms with E-state index in [-0.39, 0.29) is 17.6 Å². The van der Waals surface area contributed by atoms with Crippen molar-refractivity contribution in [2.24, 2.45) is 0 Å². The first kappa shape index (κ1) is 26.0. The fourth-order valence-electron chi connectivity index (χ4n) is 4.43. The van der Waals surface area contributed by atoms with E-state index in [2.05, 4.69) is 35.1 Å². The number of halogens is 3. The molecule has 186 valence electrons. The van der Waals surface area contributed by atoms with E-state index in [0.717, 1.165) is 49.0 Å². The highest BCUT2D eigenvalue weighted by molar-refractivity contribution is 5.93. The van der Waals surface area contributed by atoms with Gasteiger partial charge >= 0.3 is 6.18 Å². The number of carbonyl (C=O) groups is 1. The molecule has 0 saturated carbocycles. The number of nitrogens with one attached hydrogen (secondary N) is 1. The van der Waals surface area contributed by atoms with Crippen LogP contribution in [0, 0.1) is 13.8 Å². The molecule has 3 rings (SSSR count). The molecular weight excluding hydrogens is 447 g/mol. The molecule has 1 aromatic carbocycles. The predicted molar refractivity (Wildman–Crippen MR) is 123 cm³/mol. The first-order valence-corrected chi connectivity index (χ1v) is 11.4. The summed E-state index contributed by atoms with van der Waals surface area (Å²) in [6.07, 6.45) is -1.61. The number of carbonyl (C=O) groups excluding carboxylic acids is 1. The maximum Gasteiger partial charge on any atom is 0.433 e. The van der Waals surface area contributed by atoms with Crippen LogP contribution < -0.4 is 10.1 Å². The average Bonchev–Trinajstić information content (AvgIpc) is 3.28. The molecule has 9 heteroatoms. The number of alkyl halides is 3. The van der Waals surface area contributed by atoms with E-state index in [4.69, 9.17) is 9.47 Å². The van der Waals surface area contributed by atoms with Gasteiger partial charge in [-0.25, -0.2) is 0 Å². The third-order valence-corrected chi connectivity index (χ3v) is 6.51. The number of benzene rings is 1. The van der Waals surface area contributed by atoms with Crippen molar-refractivity contribution in [3.63, 3.8) is 0 Å². The summed E-state index contributed by atoms with van der Waals surface area (Å²) in [6.45, 7) is 8.65. The van der Waals surface area contributed by atoms with Gasteiger partial charge in [-0.1, -0.05) is 6.07 Å². The van der Waals surface area contributed by atoms with Gasteiger partial charge in [-0.05, 0) is 75.0 Å². The lowest BCUT2D eigenvalue weighted by Crippen LogP contribution is -2.41. The van der Waals surface area contributed by atoms with E-state index < -0.39 is 17.8 Å². The quantitative estimate of drug-likeness (QED) is 0.529. The Kier molecular flexibility index (Phi) is 8.54. The van der Waals surface area contributed by atoms with Gasteiger partial charge in [-0.2, -0.15) is 13.2 Å². The van der Waals surface area contributed by atoms with Crippen molar-refractivity contribution < 1.29 is 27.4 Å². The summed E-state index contributed by atoms with van der Waals surface area (Å²) < 4.78 is 49.0. The second-order valence-electron chi connectivity index (χ2n) is 8.59. The van der Waals surface area contributed by atoms with Crippen LogP contribution in [0.2, 0.25) is 0 Å². The number of rotatable bonds is 9. The van der Waals surface area contributed by atoms with Gasteiger partial charge in [0.1, 0.15) is 18.1 Å². The van der Waals surface area contributed by atoms with Crippen molar-refractivity contribution in [3.8, 4) is 5.75 Å². The largest absolute Gasteiger partial charge is 0.491 e. The number of hydrogen-bond donors (Lipinski definition) is 1. The highest BCUT2D eigenvalue weighted by atomic mass is 19.4. The van der Waals surface area contributed by atoms with E-state index in [9.17, 15) is 18.0 Å². The first-order chi connectivity index (χ1) is 16.1. The predicted octanol–water partition coefficient (Wildman–Crippen LogP) is 4.70. The molecule has 2 heterocycles. The summed E-state index contributed by atoms with van der Waals surface area (Å²) in [5, 5.41) is 2.87. The van der Waals surface area contributed by atoms with Crippen LogP contribution in [0.15, 0.2) is 30.5 Å². The Morgan fingerprint density at radius 3 is 2.62 bits per heavy atom. The van der Waals surface area contributed by atoms with Crippen molar-refractivity contribution in [1.82, 2.24) is 15.2 Å². The minimum atomic E-state index is -4.53. The van der Waals surface area contributed by atoms with Crippen LogP contribution in [-0.4, -0.2) is 55.2 Å². The van der Waals surface area contributed by atoms with Crippen molar-refractivity contribution in [2.75, 3.05) is 33.4 Å². The van der Waals surface area contributed by atoms with Crippen LogP contribution in [-0.2, 0) is 10.9 Å². The second kappa shape index (κ2) is 11.2. The molecule has 1 unspecified atom stereocenters. The molecule has 1 amide bonds. The molecule has 1 aliphatic heterocycles. The van der Waals surface area contributed by atoms with Gasteiger partial charge in [0.2, 0.25) is 0 Å². The Balaban J connectivity index is 1.63. The summed E-state index contributed by atoms with van der Waals surface area (Å²) >= 11 is 0. The molecule has 0 bridgehead atoms. The van der Waals surface area contributed by atoms with Crippen LogP contribution in [0.4, 0.5) is 13.2 Å². The Bertz CT molecular complexity index is 980. The zero-order chi connectivity index (χ0) is 24.9. The van der Waals surface area contributed by atoms with Crippen molar-refractivity contribution in [3.05, 3.63) is 58.4 Å². The Hall–Kier alpha value is -2.65. The monoisotopic (exact) mass is 479 g/mol. The maximum absolute atomic E-state index is 12.7. The fraction of sp³-hybridized carbons (Fsp3) is 0.520. The van der Waals surface area contributed by atoms with Crippen molar-refractivity contribution >= 4 is 5.91 Å². The molecule has 1 saturated heterocycles. The highest BCUT2D eigenvalue weighted by Gasteiger charge is 2.33. The number of aromatic nitrogens is 1. The Morgan fingerprint density at radius 2 is 1.97 bits per heavy atom. The van der Waals surface area contributed by atoms with Gasteiger partial charge in [0.05, 0.1) is 12.2 Å².